The van der Waals surface area contributed by atoms with E-state index < -0.39 is 6.10 Å². The van der Waals surface area contributed by atoms with Gasteiger partial charge < -0.3 is 5.11 Å². The van der Waals surface area contributed by atoms with Crippen LogP contribution in [-0.4, -0.2) is 11.2 Å². The summed E-state index contributed by atoms with van der Waals surface area (Å²) in [5, 5.41) is 9.52. The molecule has 0 bridgehead atoms. The molecule has 1 rings (SSSR count). The molecule has 0 radical (unpaired) electrons. The van der Waals surface area contributed by atoms with Crippen LogP contribution in [0.1, 0.15) is 23.1 Å². The van der Waals surface area contributed by atoms with E-state index in [4.69, 9.17) is 6.42 Å². The van der Waals surface area contributed by atoms with Crippen LogP contribution < -0.4 is 0 Å². The van der Waals surface area contributed by atoms with Crippen LogP contribution in [0.2, 0.25) is 0 Å². The Hall–Kier alpha value is -1.26. The molecule has 1 aromatic carbocycles. The minimum absolute atomic E-state index is 0.415. The van der Waals surface area contributed by atoms with Gasteiger partial charge in [0.25, 0.3) is 0 Å². The molecule has 1 unspecified atom stereocenters. The van der Waals surface area contributed by atoms with Crippen molar-refractivity contribution in [3.63, 3.8) is 0 Å². The number of benzene rings is 1. The van der Waals surface area contributed by atoms with Gasteiger partial charge in [-0.15, -0.1) is 12.3 Å². The third kappa shape index (κ3) is 2.90. The van der Waals surface area contributed by atoms with Gasteiger partial charge >= 0.3 is 0 Å². The smallest absolute Gasteiger partial charge is 0.0689 e. The second-order valence-corrected chi connectivity index (χ2v) is 3.68. The summed E-state index contributed by atoms with van der Waals surface area (Å²) in [5.74, 6) is 2.46. The Morgan fingerprint density at radius 1 is 1.36 bits per heavy atom. The van der Waals surface area contributed by atoms with E-state index in [1.165, 1.54) is 11.1 Å². The van der Waals surface area contributed by atoms with E-state index in [2.05, 4.69) is 31.9 Å². The lowest BCUT2D eigenvalue weighted by molar-refractivity contribution is 0.181. The highest BCUT2D eigenvalue weighted by Crippen LogP contribution is 2.12. The van der Waals surface area contributed by atoms with Crippen molar-refractivity contribution in [1.82, 2.24) is 0 Å². The van der Waals surface area contributed by atoms with Crippen molar-refractivity contribution in [2.75, 3.05) is 0 Å². The van der Waals surface area contributed by atoms with Crippen LogP contribution in [0, 0.1) is 26.2 Å². The van der Waals surface area contributed by atoms with Crippen molar-refractivity contribution >= 4 is 0 Å². The lowest BCUT2D eigenvalue weighted by Crippen LogP contribution is -2.09. The third-order valence-corrected chi connectivity index (χ3v) is 2.40. The highest BCUT2D eigenvalue weighted by atomic mass is 16.3. The molecule has 0 aliphatic heterocycles. The number of hydrogen-bond acceptors (Lipinski definition) is 1. The van der Waals surface area contributed by atoms with Gasteiger partial charge in [0.2, 0.25) is 0 Å². The maximum atomic E-state index is 9.52. The highest BCUT2D eigenvalue weighted by molar-refractivity contribution is 5.30. The lowest BCUT2D eigenvalue weighted by atomic mass is 10.0. The molecule has 0 aromatic heterocycles. The van der Waals surface area contributed by atoms with Crippen LogP contribution in [-0.2, 0) is 6.42 Å². The molecule has 0 fully saturated rings. The third-order valence-electron chi connectivity index (χ3n) is 2.40. The molecule has 1 N–H and O–H groups in total. The second-order valence-electron chi connectivity index (χ2n) is 3.68. The van der Waals surface area contributed by atoms with Gasteiger partial charge in [0.05, 0.1) is 6.10 Å². The molecule has 0 heterocycles. The summed E-state index contributed by atoms with van der Waals surface area (Å²) in [4.78, 5) is 0. The van der Waals surface area contributed by atoms with Gasteiger partial charge in [-0.25, -0.2) is 0 Å². The predicted octanol–water partition coefficient (Wildman–Crippen LogP) is 2.23. The Morgan fingerprint density at radius 2 is 2.07 bits per heavy atom. The van der Waals surface area contributed by atoms with Crippen LogP contribution in [0.4, 0.5) is 0 Å². The van der Waals surface area contributed by atoms with Crippen molar-refractivity contribution in [2.24, 2.45) is 0 Å². The Balaban J connectivity index is 2.69. The van der Waals surface area contributed by atoms with Gasteiger partial charge in [-0.3, -0.25) is 0 Å². The van der Waals surface area contributed by atoms with Crippen molar-refractivity contribution in [3.05, 3.63) is 34.9 Å². The van der Waals surface area contributed by atoms with Crippen molar-refractivity contribution in [1.29, 1.82) is 0 Å². The number of aliphatic hydroxyl groups excluding tert-OH is 1. The number of aliphatic hydroxyl groups is 1. The van der Waals surface area contributed by atoms with E-state index in [0.29, 0.717) is 12.8 Å². The fraction of sp³-hybridized carbons (Fsp3) is 0.385. The minimum Gasteiger partial charge on any atom is -0.392 e. The van der Waals surface area contributed by atoms with Gasteiger partial charge in [-0.2, -0.15) is 0 Å². The standard InChI is InChI=1S/C13H16O/c1-4-5-13(14)9-12-7-6-10(2)11(3)8-12/h1,6-8,13-14H,5,9H2,2-3H3. The molecule has 74 valence electrons. The predicted molar refractivity (Wildman–Crippen MR) is 59.1 cm³/mol. The summed E-state index contributed by atoms with van der Waals surface area (Å²) in [6, 6.07) is 6.23. The molecule has 1 nitrogen and oxygen atoms in total. The summed E-state index contributed by atoms with van der Waals surface area (Å²) in [7, 11) is 0. The summed E-state index contributed by atoms with van der Waals surface area (Å²) in [6.45, 7) is 4.16. The zero-order chi connectivity index (χ0) is 10.6. The first-order valence-electron chi connectivity index (χ1n) is 4.81. The molecular formula is C13H16O. The molecular weight excluding hydrogens is 172 g/mol. The summed E-state index contributed by atoms with van der Waals surface area (Å²) in [6.07, 6.45) is 5.78. The van der Waals surface area contributed by atoms with Crippen molar-refractivity contribution in [2.45, 2.75) is 32.8 Å². The molecule has 0 spiro atoms. The summed E-state index contributed by atoms with van der Waals surface area (Å²) >= 11 is 0. The number of hydrogen-bond donors (Lipinski definition) is 1. The van der Waals surface area contributed by atoms with E-state index in [1.54, 1.807) is 0 Å². The van der Waals surface area contributed by atoms with Crippen LogP contribution in [0.5, 0.6) is 0 Å². The Bertz CT molecular complexity index is 347. The SMILES string of the molecule is C#CCC(O)Cc1ccc(C)c(C)c1. The fourth-order valence-electron chi connectivity index (χ4n) is 1.41. The normalized spacial score (nSPS) is 12.1. The molecule has 0 aliphatic rings. The molecule has 1 atom stereocenters. The number of rotatable bonds is 3. The van der Waals surface area contributed by atoms with Gasteiger partial charge in [-0.05, 0) is 37.0 Å². The Labute approximate surface area is 85.8 Å². The fourth-order valence-corrected chi connectivity index (χ4v) is 1.41. The van der Waals surface area contributed by atoms with E-state index >= 15 is 0 Å². The number of terminal acetylenes is 1. The van der Waals surface area contributed by atoms with Gasteiger partial charge in [0, 0.05) is 6.42 Å². The van der Waals surface area contributed by atoms with E-state index in [0.717, 1.165) is 5.56 Å². The molecule has 0 saturated carbocycles. The molecule has 0 amide bonds. The summed E-state index contributed by atoms with van der Waals surface area (Å²) in [5.41, 5.74) is 3.69. The van der Waals surface area contributed by atoms with Crippen LogP contribution in [0.15, 0.2) is 18.2 Å². The zero-order valence-electron chi connectivity index (χ0n) is 8.75. The second kappa shape index (κ2) is 4.83. The quantitative estimate of drug-likeness (QED) is 0.721. The zero-order valence-corrected chi connectivity index (χ0v) is 8.75. The monoisotopic (exact) mass is 188 g/mol. The van der Waals surface area contributed by atoms with Gasteiger partial charge in [0.1, 0.15) is 0 Å². The van der Waals surface area contributed by atoms with E-state index in [-0.39, 0.29) is 0 Å². The molecule has 14 heavy (non-hydrogen) atoms. The van der Waals surface area contributed by atoms with E-state index in [9.17, 15) is 5.11 Å². The van der Waals surface area contributed by atoms with Crippen LogP contribution in [0.25, 0.3) is 0 Å². The highest BCUT2D eigenvalue weighted by Gasteiger charge is 2.04. The number of aryl methyl sites for hydroxylation is 2. The maximum Gasteiger partial charge on any atom is 0.0689 e. The summed E-state index contributed by atoms with van der Waals surface area (Å²) < 4.78 is 0. The minimum atomic E-state index is -0.415. The largest absolute Gasteiger partial charge is 0.392 e. The molecule has 0 saturated heterocycles. The van der Waals surface area contributed by atoms with Crippen LogP contribution in [0.3, 0.4) is 0 Å². The van der Waals surface area contributed by atoms with E-state index in [1.807, 2.05) is 6.07 Å². The lowest BCUT2D eigenvalue weighted by Gasteiger charge is -2.08. The average molecular weight is 188 g/mol. The Morgan fingerprint density at radius 3 is 2.64 bits per heavy atom. The average Bonchev–Trinajstić information content (AvgIpc) is 2.12. The first-order valence-corrected chi connectivity index (χ1v) is 4.81. The topological polar surface area (TPSA) is 20.2 Å². The van der Waals surface area contributed by atoms with Gasteiger partial charge in [-0.1, -0.05) is 18.2 Å². The molecule has 1 heteroatoms. The van der Waals surface area contributed by atoms with Crippen LogP contribution >= 0.6 is 0 Å². The molecule has 0 aliphatic carbocycles. The first-order chi connectivity index (χ1) is 6.63. The molecule has 1 aromatic rings. The Kier molecular flexibility index (Phi) is 3.73. The van der Waals surface area contributed by atoms with Crippen molar-refractivity contribution < 1.29 is 5.11 Å². The van der Waals surface area contributed by atoms with Gasteiger partial charge in [0.15, 0.2) is 0 Å². The van der Waals surface area contributed by atoms with Crippen molar-refractivity contribution in [3.8, 4) is 12.3 Å². The first kappa shape index (κ1) is 10.8. The maximum absolute atomic E-state index is 9.52.